The maximum absolute atomic E-state index is 10.8. The molecular formula is C13H17ClN4O3S. The molecule has 1 aliphatic rings. The average Bonchev–Trinajstić information content (AvgIpc) is 2.50. The van der Waals surface area contributed by atoms with E-state index in [1.807, 2.05) is 4.90 Å². The minimum absolute atomic E-state index is 0.0394. The second kappa shape index (κ2) is 7.68. The zero-order valence-corrected chi connectivity index (χ0v) is 13.4. The van der Waals surface area contributed by atoms with Crippen LogP contribution < -0.4 is 5.32 Å². The molecule has 120 valence electrons. The number of benzene rings is 1. The normalized spacial score (nSPS) is 15.6. The van der Waals surface area contributed by atoms with E-state index in [9.17, 15) is 10.1 Å². The minimum Gasteiger partial charge on any atom is -0.395 e. The van der Waals surface area contributed by atoms with Crippen molar-refractivity contribution in [3.63, 3.8) is 0 Å². The summed E-state index contributed by atoms with van der Waals surface area (Å²) in [6.45, 7) is 3.89. The Bertz CT molecular complexity index is 564. The number of nitrogens with one attached hydrogen (secondary N) is 1. The Kier molecular flexibility index (Phi) is 5.90. The number of nitrogens with zero attached hydrogens (tertiary/aromatic N) is 3. The SMILES string of the molecule is O=[N+]([O-])c1ccc(Cl)c(NC(=S)N2CCN(CCO)CC2)c1. The Balaban J connectivity index is 1.98. The number of aliphatic hydroxyl groups excluding tert-OH is 1. The van der Waals surface area contributed by atoms with E-state index < -0.39 is 4.92 Å². The lowest BCUT2D eigenvalue weighted by Crippen LogP contribution is -2.50. The van der Waals surface area contributed by atoms with Crippen molar-refractivity contribution in [1.82, 2.24) is 9.80 Å². The van der Waals surface area contributed by atoms with Crippen LogP contribution in [0.15, 0.2) is 18.2 Å². The van der Waals surface area contributed by atoms with Gasteiger partial charge in [-0.3, -0.25) is 15.0 Å². The zero-order chi connectivity index (χ0) is 16.1. The summed E-state index contributed by atoms with van der Waals surface area (Å²) in [5.41, 5.74) is 0.390. The Morgan fingerprint density at radius 1 is 1.41 bits per heavy atom. The van der Waals surface area contributed by atoms with E-state index in [0.717, 1.165) is 26.2 Å². The van der Waals surface area contributed by atoms with Crippen molar-refractivity contribution in [3.05, 3.63) is 33.3 Å². The van der Waals surface area contributed by atoms with Crippen LogP contribution in [0.25, 0.3) is 0 Å². The molecule has 0 atom stereocenters. The first kappa shape index (κ1) is 16.9. The van der Waals surface area contributed by atoms with Crippen molar-refractivity contribution >= 4 is 40.3 Å². The quantitative estimate of drug-likeness (QED) is 0.487. The van der Waals surface area contributed by atoms with Crippen LogP contribution in [0.3, 0.4) is 0 Å². The summed E-state index contributed by atoms with van der Waals surface area (Å²) in [5.74, 6) is 0. The van der Waals surface area contributed by atoms with Crippen molar-refractivity contribution in [2.75, 3.05) is 44.6 Å². The number of halogens is 1. The van der Waals surface area contributed by atoms with Gasteiger partial charge in [0, 0.05) is 44.9 Å². The zero-order valence-electron chi connectivity index (χ0n) is 11.9. The van der Waals surface area contributed by atoms with Gasteiger partial charge >= 0.3 is 0 Å². The molecular weight excluding hydrogens is 328 g/mol. The molecule has 0 radical (unpaired) electrons. The fourth-order valence-electron chi connectivity index (χ4n) is 2.23. The Morgan fingerprint density at radius 2 is 2.09 bits per heavy atom. The number of β-amino-alcohol motifs (C(OH)–C–C–N with tert-alkyl or cyclic N) is 1. The molecule has 1 aromatic carbocycles. The topological polar surface area (TPSA) is 81.9 Å². The molecule has 0 saturated carbocycles. The monoisotopic (exact) mass is 344 g/mol. The highest BCUT2D eigenvalue weighted by Gasteiger charge is 2.19. The van der Waals surface area contributed by atoms with Crippen molar-refractivity contribution in [3.8, 4) is 0 Å². The summed E-state index contributed by atoms with van der Waals surface area (Å²) in [6.07, 6.45) is 0. The number of hydrogen-bond acceptors (Lipinski definition) is 5. The van der Waals surface area contributed by atoms with E-state index in [0.29, 0.717) is 22.4 Å². The molecule has 0 spiro atoms. The van der Waals surface area contributed by atoms with Crippen LogP contribution in [-0.4, -0.2) is 64.3 Å². The van der Waals surface area contributed by atoms with Gasteiger partial charge in [-0.05, 0) is 18.3 Å². The summed E-state index contributed by atoms with van der Waals surface area (Å²) in [5, 5.41) is 23.6. The van der Waals surface area contributed by atoms with E-state index in [1.54, 1.807) is 0 Å². The van der Waals surface area contributed by atoms with Crippen molar-refractivity contribution in [2.45, 2.75) is 0 Å². The maximum atomic E-state index is 10.8. The summed E-state index contributed by atoms with van der Waals surface area (Å²) in [4.78, 5) is 14.5. The van der Waals surface area contributed by atoms with Crippen LogP contribution in [0.4, 0.5) is 11.4 Å². The van der Waals surface area contributed by atoms with Crippen LogP contribution >= 0.6 is 23.8 Å². The maximum Gasteiger partial charge on any atom is 0.271 e. The number of anilines is 1. The summed E-state index contributed by atoms with van der Waals surface area (Å²) in [7, 11) is 0. The molecule has 1 fully saturated rings. The second-order valence-corrected chi connectivity index (χ2v) is 5.70. The van der Waals surface area contributed by atoms with E-state index in [-0.39, 0.29) is 12.3 Å². The lowest BCUT2D eigenvalue weighted by Gasteiger charge is -2.35. The third-order valence-electron chi connectivity index (χ3n) is 3.48. The highest BCUT2D eigenvalue weighted by Crippen LogP contribution is 2.27. The van der Waals surface area contributed by atoms with Crippen molar-refractivity contribution in [2.24, 2.45) is 0 Å². The third kappa shape index (κ3) is 4.26. The molecule has 22 heavy (non-hydrogen) atoms. The van der Waals surface area contributed by atoms with Crippen molar-refractivity contribution in [1.29, 1.82) is 0 Å². The minimum atomic E-state index is -0.474. The number of nitro groups is 1. The fourth-order valence-corrected chi connectivity index (χ4v) is 2.69. The Morgan fingerprint density at radius 3 is 2.68 bits per heavy atom. The number of nitro benzene ring substituents is 1. The summed E-state index contributed by atoms with van der Waals surface area (Å²) < 4.78 is 0. The lowest BCUT2D eigenvalue weighted by molar-refractivity contribution is -0.384. The molecule has 1 saturated heterocycles. The van der Waals surface area contributed by atoms with Gasteiger partial charge < -0.3 is 15.3 Å². The van der Waals surface area contributed by atoms with Gasteiger partial charge in [0.2, 0.25) is 0 Å². The number of hydrogen-bond donors (Lipinski definition) is 2. The molecule has 7 nitrogen and oxygen atoms in total. The van der Waals surface area contributed by atoms with Gasteiger partial charge in [-0.25, -0.2) is 0 Å². The van der Waals surface area contributed by atoms with E-state index >= 15 is 0 Å². The van der Waals surface area contributed by atoms with E-state index in [1.165, 1.54) is 18.2 Å². The lowest BCUT2D eigenvalue weighted by atomic mass is 10.3. The van der Waals surface area contributed by atoms with Gasteiger partial charge in [0.05, 0.1) is 22.2 Å². The Labute approximate surface area is 138 Å². The van der Waals surface area contributed by atoms with Crippen LogP contribution in [0, 0.1) is 10.1 Å². The first-order valence-electron chi connectivity index (χ1n) is 6.84. The smallest absolute Gasteiger partial charge is 0.271 e. The number of aliphatic hydroxyl groups is 1. The molecule has 1 aromatic rings. The van der Waals surface area contributed by atoms with Gasteiger partial charge in [-0.2, -0.15) is 0 Å². The van der Waals surface area contributed by atoms with Gasteiger partial charge in [-0.1, -0.05) is 11.6 Å². The van der Waals surface area contributed by atoms with Gasteiger partial charge in [0.15, 0.2) is 5.11 Å². The molecule has 0 bridgehead atoms. The fraction of sp³-hybridized carbons (Fsp3) is 0.462. The standard InChI is InChI=1S/C13H17ClN4O3S/c14-11-2-1-10(18(20)21)9-12(11)15-13(22)17-5-3-16(4-6-17)7-8-19/h1-2,9,19H,3-8H2,(H,15,22). The van der Waals surface area contributed by atoms with Crippen LogP contribution in [-0.2, 0) is 0 Å². The summed E-state index contributed by atoms with van der Waals surface area (Å²) >= 11 is 11.4. The van der Waals surface area contributed by atoms with Gasteiger partial charge in [-0.15, -0.1) is 0 Å². The average molecular weight is 345 g/mol. The number of non-ortho nitro benzene ring substituents is 1. The van der Waals surface area contributed by atoms with Crippen LogP contribution in [0.1, 0.15) is 0 Å². The van der Waals surface area contributed by atoms with Gasteiger partial charge in [0.25, 0.3) is 5.69 Å². The summed E-state index contributed by atoms with van der Waals surface area (Å²) in [6, 6.07) is 4.20. The molecule has 0 aliphatic carbocycles. The predicted octanol–water partition coefficient (Wildman–Crippen LogP) is 1.55. The predicted molar refractivity (Wildman–Crippen MR) is 89.4 cm³/mol. The molecule has 2 N–H and O–H groups in total. The van der Waals surface area contributed by atoms with E-state index in [4.69, 9.17) is 28.9 Å². The molecule has 0 unspecified atom stereocenters. The molecule has 9 heteroatoms. The first-order chi connectivity index (χ1) is 10.5. The first-order valence-corrected chi connectivity index (χ1v) is 7.63. The number of rotatable bonds is 4. The largest absolute Gasteiger partial charge is 0.395 e. The molecule has 0 amide bonds. The van der Waals surface area contributed by atoms with Gasteiger partial charge in [0.1, 0.15) is 0 Å². The van der Waals surface area contributed by atoms with Crippen LogP contribution in [0.2, 0.25) is 5.02 Å². The van der Waals surface area contributed by atoms with E-state index in [2.05, 4.69) is 10.2 Å². The molecule has 1 aliphatic heterocycles. The highest BCUT2D eigenvalue weighted by molar-refractivity contribution is 7.80. The number of thiocarbonyl (C=S) groups is 1. The third-order valence-corrected chi connectivity index (χ3v) is 4.17. The second-order valence-electron chi connectivity index (χ2n) is 4.90. The number of piperazine rings is 1. The molecule has 1 heterocycles. The highest BCUT2D eigenvalue weighted by atomic mass is 35.5. The molecule has 0 aromatic heterocycles. The van der Waals surface area contributed by atoms with Crippen molar-refractivity contribution < 1.29 is 10.0 Å². The molecule has 2 rings (SSSR count). The van der Waals surface area contributed by atoms with Crippen LogP contribution in [0.5, 0.6) is 0 Å². The Hall–Kier alpha value is -1.48.